The van der Waals surface area contributed by atoms with E-state index in [1.54, 1.807) is 0 Å². The monoisotopic (exact) mass is 562 g/mol. The molecule has 1 N–H and O–H groups in total. The van der Waals surface area contributed by atoms with Crippen LogP contribution in [-0.2, 0) is 14.2 Å². The van der Waals surface area contributed by atoms with Gasteiger partial charge in [-0.15, -0.1) is 0 Å². The highest BCUT2D eigenvalue weighted by atomic mass is 16.5. The van der Waals surface area contributed by atoms with Gasteiger partial charge >= 0.3 is 0 Å². The van der Waals surface area contributed by atoms with Crippen molar-refractivity contribution < 1.29 is 19.3 Å². The molecule has 0 aromatic rings. The smallest absolute Gasteiger partial charge is 0.0637 e. The van der Waals surface area contributed by atoms with E-state index in [0.29, 0.717) is 65.8 Å². The molecular formula is C36H66O4. The minimum Gasteiger partial charge on any atom is -0.396 e. The second kappa shape index (κ2) is 15.0. The molecule has 0 heterocycles. The Kier molecular flexibility index (Phi) is 12.3. The maximum absolute atomic E-state index is 9.61. The second-order valence-corrected chi connectivity index (χ2v) is 15.0. The molecule has 0 aromatic carbocycles. The molecule has 40 heavy (non-hydrogen) atoms. The number of aliphatic hydroxyl groups is 1. The second-order valence-electron chi connectivity index (χ2n) is 15.0. The minimum absolute atomic E-state index is 0.208. The third kappa shape index (κ3) is 6.66. The molecule has 0 saturated heterocycles. The number of hydrogen-bond acceptors (Lipinski definition) is 4. The van der Waals surface area contributed by atoms with Crippen LogP contribution in [0.1, 0.15) is 138 Å². The molecule has 0 bridgehead atoms. The standard InChI is InChI=1S/C36H66O4/c1-7-10-20-38-28-17-18-35(5)27(23-28)24-32(39-21-11-8-2)34-30-16-15-29(26(4)14-13-19-37)36(30,6)33(25-31(34)35)40-22-12-9-3/h26-34,37H,7-25H2,1-6H3. The Labute approximate surface area is 248 Å². The minimum atomic E-state index is 0.208. The molecule has 0 spiro atoms. The van der Waals surface area contributed by atoms with Crippen molar-refractivity contribution in [2.75, 3.05) is 26.4 Å². The van der Waals surface area contributed by atoms with Gasteiger partial charge in [0.2, 0.25) is 0 Å². The number of rotatable bonds is 16. The molecule has 11 unspecified atom stereocenters. The van der Waals surface area contributed by atoms with E-state index in [-0.39, 0.29) is 5.41 Å². The van der Waals surface area contributed by atoms with Crippen LogP contribution in [0.15, 0.2) is 0 Å². The van der Waals surface area contributed by atoms with Crippen molar-refractivity contribution >= 4 is 0 Å². The van der Waals surface area contributed by atoms with E-state index in [0.717, 1.165) is 39.1 Å². The van der Waals surface area contributed by atoms with Gasteiger partial charge in [-0.2, -0.15) is 0 Å². The average molecular weight is 563 g/mol. The first-order valence-corrected chi connectivity index (χ1v) is 17.8. The molecule has 4 rings (SSSR count). The molecule has 0 aliphatic heterocycles. The van der Waals surface area contributed by atoms with Crippen molar-refractivity contribution in [2.24, 2.45) is 46.3 Å². The van der Waals surface area contributed by atoms with Crippen molar-refractivity contribution in [2.45, 2.75) is 156 Å². The van der Waals surface area contributed by atoms with Crippen LogP contribution in [0.4, 0.5) is 0 Å². The highest BCUT2D eigenvalue weighted by molar-refractivity contribution is 5.15. The lowest BCUT2D eigenvalue weighted by Gasteiger charge is -2.65. The van der Waals surface area contributed by atoms with Crippen LogP contribution >= 0.6 is 0 Å². The molecule has 11 atom stereocenters. The third-order valence-corrected chi connectivity index (χ3v) is 12.8. The van der Waals surface area contributed by atoms with Crippen molar-refractivity contribution in [1.29, 1.82) is 0 Å². The fraction of sp³-hybridized carbons (Fsp3) is 1.00. The number of ether oxygens (including phenoxy) is 3. The molecule has 234 valence electrons. The zero-order chi connectivity index (χ0) is 28.8. The highest BCUT2D eigenvalue weighted by Crippen LogP contribution is 2.69. The molecule has 0 aromatic heterocycles. The van der Waals surface area contributed by atoms with E-state index >= 15 is 0 Å². The van der Waals surface area contributed by atoms with Crippen molar-refractivity contribution in [1.82, 2.24) is 0 Å². The maximum atomic E-state index is 9.61. The summed E-state index contributed by atoms with van der Waals surface area (Å²) < 4.78 is 20.4. The Hall–Kier alpha value is -0.160. The van der Waals surface area contributed by atoms with Crippen LogP contribution in [-0.4, -0.2) is 49.8 Å². The Morgan fingerprint density at radius 2 is 1.45 bits per heavy atom. The van der Waals surface area contributed by atoms with Gasteiger partial charge in [0.1, 0.15) is 0 Å². The lowest BCUT2D eigenvalue weighted by atomic mass is 9.43. The van der Waals surface area contributed by atoms with Crippen LogP contribution in [0.25, 0.3) is 0 Å². The highest BCUT2D eigenvalue weighted by Gasteiger charge is 2.66. The van der Waals surface area contributed by atoms with Crippen LogP contribution in [0.2, 0.25) is 0 Å². The zero-order valence-electron chi connectivity index (χ0n) is 27.3. The van der Waals surface area contributed by atoms with Gasteiger partial charge in [0.05, 0.1) is 18.3 Å². The lowest BCUT2D eigenvalue weighted by molar-refractivity contribution is -0.227. The molecule has 0 amide bonds. The summed E-state index contributed by atoms with van der Waals surface area (Å²) in [5.41, 5.74) is 0.577. The molecule has 4 nitrogen and oxygen atoms in total. The van der Waals surface area contributed by atoms with Crippen LogP contribution in [0.5, 0.6) is 0 Å². The van der Waals surface area contributed by atoms with Gasteiger partial charge in [-0.05, 0) is 118 Å². The van der Waals surface area contributed by atoms with Gasteiger partial charge in [-0.1, -0.05) is 60.8 Å². The predicted octanol–water partition coefficient (Wildman–Crippen LogP) is 8.83. The first-order chi connectivity index (χ1) is 19.3. The zero-order valence-corrected chi connectivity index (χ0v) is 27.3. The molecule has 4 heteroatoms. The summed E-state index contributed by atoms with van der Waals surface area (Å²) in [7, 11) is 0. The summed E-state index contributed by atoms with van der Waals surface area (Å²) in [5, 5.41) is 9.61. The number of aliphatic hydroxyl groups excluding tert-OH is 1. The van der Waals surface area contributed by atoms with Crippen LogP contribution in [0.3, 0.4) is 0 Å². The molecule has 4 aliphatic carbocycles. The molecule has 4 fully saturated rings. The number of unbranched alkanes of at least 4 members (excludes halogenated alkanes) is 3. The summed E-state index contributed by atoms with van der Waals surface area (Å²) >= 11 is 0. The van der Waals surface area contributed by atoms with E-state index in [1.807, 2.05) is 0 Å². The SMILES string of the molecule is CCCCOC1CCC2(C)C(C1)CC(OCCCC)C1C2CC(OCCCC)C2(C)C(C(C)CCCO)CCC12. The van der Waals surface area contributed by atoms with Gasteiger partial charge in [0.25, 0.3) is 0 Å². The normalized spacial score (nSPS) is 41.8. The summed E-state index contributed by atoms with van der Waals surface area (Å²) in [5.74, 6) is 4.04. The van der Waals surface area contributed by atoms with Gasteiger partial charge in [-0.3, -0.25) is 0 Å². The fourth-order valence-electron chi connectivity index (χ4n) is 10.4. The van der Waals surface area contributed by atoms with Crippen molar-refractivity contribution in [3.05, 3.63) is 0 Å². The predicted molar refractivity (Wildman–Crippen MR) is 165 cm³/mol. The topological polar surface area (TPSA) is 47.9 Å². The van der Waals surface area contributed by atoms with Crippen LogP contribution in [0, 0.1) is 46.3 Å². The number of fused-ring (bicyclic) bond motifs is 5. The van der Waals surface area contributed by atoms with Gasteiger partial charge in [0.15, 0.2) is 0 Å². The quantitative estimate of drug-likeness (QED) is 0.191. The van der Waals surface area contributed by atoms with E-state index < -0.39 is 0 Å². The summed E-state index contributed by atoms with van der Waals surface area (Å²) in [6.07, 6.45) is 19.2. The van der Waals surface area contributed by atoms with E-state index in [4.69, 9.17) is 14.2 Å². The van der Waals surface area contributed by atoms with Crippen molar-refractivity contribution in [3.63, 3.8) is 0 Å². The van der Waals surface area contributed by atoms with Gasteiger partial charge in [-0.25, -0.2) is 0 Å². The number of hydrogen-bond donors (Lipinski definition) is 1. The lowest BCUT2D eigenvalue weighted by Crippen LogP contribution is -2.63. The largest absolute Gasteiger partial charge is 0.396 e. The Balaban J connectivity index is 1.64. The Morgan fingerprint density at radius 1 is 0.775 bits per heavy atom. The van der Waals surface area contributed by atoms with Gasteiger partial charge < -0.3 is 19.3 Å². The Bertz CT molecular complexity index is 742. The molecule has 0 radical (unpaired) electrons. The third-order valence-electron chi connectivity index (χ3n) is 12.8. The summed E-state index contributed by atoms with van der Waals surface area (Å²) in [6, 6.07) is 0. The summed E-state index contributed by atoms with van der Waals surface area (Å²) in [6.45, 7) is 17.7. The maximum Gasteiger partial charge on any atom is 0.0637 e. The fourth-order valence-corrected chi connectivity index (χ4v) is 10.4. The Morgan fingerprint density at radius 3 is 2.12 bits per heavy atom. The first-order valence-electron chi connectivity index (χ1n) is 17.8. The van der Waals surface area contributed by atoms with Gasteiger partial charge in [0, 0.05) is 31.8 Å². The summed E-state index contributed by atoms with van der Waals surface area (Å²) in [4.78, 5) is 0. The first kappa shape index (κ1) is 32.7. The van der Waals surface area contributed by atoms with E-state index in [1.165, 1.54) is 77.0 Å². The molecule has 4 aliphatic rings. The average Bonchev–Trinajstić information content (AvgIpc) is 3.31. The van der Waals surface area contributed by atoms with Crippen molar-refractivity contribution in [3.8, 4) is 0 Å². The van der Waals surface area contributed by atoms with Crippen LogP contribution < -0.4 is 0 Å². The molecular weight excluding hydrogens is 496 g/mol. The molecule has 4 saturated carbocycles. The van der Waals surface area contributed by atoms with E-state index in [9.17, 15) is 5.11 Å². The van der Waals surface area contributed by atoms with E-state index in [2.05, 4.69) is 41.5 Å².